The normalized spacial score (nSPS) is 16.0. The van der Waals surface area contributed by atoms with E-state index in [-0.39, 0.29) is 0 Å². The average molecular weight is 701 g/mol. The van der Waals surface area contributed by atoms with E-state index in [0.29, 0.717) is 0 Å². The summed E-state index contributed by atoms with van der Waals surface area (Å²) in [6.07, 6.45) is 0. The topological polar surface area (TPSA) is 9.23 Å². The van der Waals surface area contributed by atoms with Gasteiger partial charge in [-0.1, -0.05) is 200 Å². The number of hydrogen-bond acceptors (Lipinski definition) is 1. The summed E-state index contributed by atoms with van der Waals surface area (Å²) < 4.78 is 6.72. The summed E-state index contributed by atoms with van der Waals surface area (Å²) in [6.45, 7) is 0. The Balaban J connectivity index is 1.13. The molecule has 258 valence electrons. The number of ether oxygens (including phenoxy) is 1. The molecule has 9 aromatic rings. The highest BCUT2D eigenvalue weighted by Crippen LogP contribution is 2.59. The molecule has 0 radical (unpaired) electrons. The Bertz CT molecular complexity index is 2840. The zero-order valence-electron chi connectivity index (χ0n) is 30.2. The summed E-state index contributed by atoms with van der Waals surface area (Å²) in [6, 6.07) is 79.9. The Morgan fingerprint density at radius 2 is 0.836 bits per heavy atom. The van der Waals surface area contributed by atoms with Crippen LogP contribution in [-0.4, -0.2) is 0 Å². The molecule has 1 atom stereocenters. The number of hydrogen-bond donors (Lipinski definition) is 0. The zero-order valence-corrected chi connectivity index (χ0v) is 30.2. The van der Waals surface area contributed by atoms with Gasteiger partial charge in [-0.3, -0.25) is 0 Å². The first-order chi connectivity index (χ1) is 27.3. The number of fused-ring (bicyclic) bond motifs is 7. The van der Waals surface area contributed by atoms with Crippen molar-refractivity contribution in [2.75, 3.05) is 0 Å². The smallest absolute Gasteiger partial charge is 0.132 e. The molecule has 0 spiro atoms. The molecule has 1 nitrogen and oxygen atoms in total. The van der Waals surface area contributed by atoms with Gasteiger partial charge in [0.1, 0.15) is 11.5 Å². The van der Waals surface area contributed by atoms with Crippen LogP contribution in [0.1, 0.15) is 44.5 Å². The van der Waals surface area contributed by atoms with Crippen molar-refractivity contribution in [3.8, 4) is 33.8 Å². The van der Waals surface area contributed by atoms with Gasteiger partial charge in [-0.15, -0.1) is 0 Å². The molecule has 1 heterocycles. The quantitative estimate of drug-likeness (QED) is 0.174. The van der Waals surface area contributed by atoms with Crippen LogP contribution in [0.5, 0.6) is 11.5 Å². The van der Waals surface area contributed by atoms with Crippen molar-refractivity contribution in [1.29, 1.82) is 0 Å². The molecule has 1 heteroatoms. The van der Waals surface area contributed by atoms with Crippen LogP contribution in [0.15, 0.2) is 218 Å². The fourth-order valence-electron chi connectivity index (χ4n) is 9.83. The van der Waals surface area contributed by atoms with Crippen molar-refractivity contribution in [1.82, 2.24) is 0 Å². The van der Waals surface area contributed by atoms with E-state index in [9.17, 15) is 0 Å². The molecule has 2 aliphatic rings. The van der Waals surface area contributed by atoms with Crippen LogP contribution in [-0.2, 0) is 10.8 Å². The van der Waals surface area contributed by atoms with E-state index in [1.165, 1.54) is 55.3 Å². The first-order valence-electron chi connectivity index (χ1n) is 19.1. The number of benzene rings is 9. The van der Waals surface area contributed by atoms with Crippen LogP contribution >= 0.6 is 0 Å². The molecule has 1 aliphatic carbocycles. The molecule has 0 amide bonds. The van der Waals surface area contributed by atoms with Gasteiger partial charge in [0.05, 0.1) is 10.8 Å². The van der Waals surface area contributed by atoms with E-state index in [4.69, 9.17) is 4.74 Å². The average Bonchev–Trinajstić information content (AvgIpc) is 3.58. The Morgan fingerprint density at radius 3 is 1.55 bits per heavy atom. The van der Waals surface area contributed by atoms with Gasteiger partial charge in [-0.2, -0.15) is 0 Å². The molecule has 1 aliphatic heterocycles. The van der Waals surface area contributed by atoms with Crippen molar-refractivity contribution in [3.05, 3.63) is 263 Å². The molecule has 9 aromatic carbocycles. The lowest BCUT2D eigenvalue weighted by molar-refractivity contribution is 0.434. The molecule has 55 heavy (non-hydrogen) atoms. The largest absolute Gasteiger partial charge is 0.457 e. The third-order valence-electron chi connectivity index (χ3n) is 12.1. The maximum atomic E-state index is 6.72. The van der Waals surface area contributed by atoms with Crippen LogP contribution in [0.2, 0.25) is 0 Å². The van der Waals surface area contributed by atoms with Gasteiger partial charge < -0.3 is 4.74 Å². The highest BCUT2D eigenvalue weighted by Gasteiger charge is 2.48. The highest BCUT2D eigenvalue weighted by molar-refractivity contribution is 6.00. The maximum absolute atomic E-state index is 6.72. The second kappa shape index (κ2) is 12.3. The first-order valence-corrected chi connectivity index (χ1v) is 19.1. The van der Waals surface area contributed by atoms with E-state index >= 15 is 0 Å². The van der Waals surface area contributed by atoms with E-state index in [1.54, 1.807) is 0 Å². The van der Waals surface area contributed by atoms with Gasteiger partial charge in [0, 0.05) is 11.1 Å². The summed E-state index contributed by atoms with van der Waals surface area (Å²) in [5.41, 5.74) is 13.7. The van der Waals surface area contributed by atoms with Gasteiger partial charge in [0.15, 0.2) is 0 Å². The standard InChI is InChI=1S/C54H36O/c1-4-17-40(18-5-1)53(41-19-6-2-7-20-41)48-26-14-15-27-50(48)55-51-35-31-39(36-49(51)53)37-28-32-43(33-29-37)54(42-21-8-3-9-22-42)47-25-13-12-24-45(47)46-34-30-38-16-10-11-23-44(38)52(46)54/h1-36H. The molecule has 1 unspecified atom stereocenters. The molecule has 11 rings (SSSR count). The van der Waals surface area contributed by atoms with Gasteiger partial charge in [0.2, 0.25) is 0 Å². The Kier molecular flexibility index (Phi) is 7.06. The molecule has 0 saturated carbocycles. The van der Waals surface area contributed by atoms with Crippen LogP contribution in [0.3, 0.4) is 0 Å². The van der Waals surface area contributed by atoms with E-state index in [1.807, 2.05) is 0 Å². The van der Waals surface area contributed by atoms with Crippen LogP contribution in [0, 0.1) is 0 Å². The van der Waals surface area contributed by atoms with Crippen molar-refractivity contribution in [2.45, 2.75) is 10.8 Å². The third-order valence-corrected chi connectivity index (χ3v) is 12.1. The molecular weight excluding hydrogens is 665 g/mol. The van der Waals surface area contributed by atoms with Crippen molar-refractivity contribution < 1.29 is 4.74 Å². The minimum Gasteiger partial charge on any atom is -0.457 e. The second-order valence-corrected chi connectivity index (χ2v) is 14.7. The lowest BCUT2D eigenvalue weighted by atomic mass is 9.63. The lowest BCUT2D eigenvalue weighted by Gasteiger charge is -2.41. The minimum absolute atomic E-state index is 0.490. The lowest BCUT2D eigenvalue weighted by Crippen LogP contribution is -2.34. The monoisotopic (exact) mass is 700 g/mol. The Morgan fingerprint density at radius 1 is 0.309 bits per heavy atom. The molecule has 0 N–H and O–H groups in total. The fraction of sp³-hybridized carbons (Fsp3) is 0.0370. The van der Waals surface area contributed by atoms with Crippen LogP contribution < -0.4 is 4.74 Å². The summed E-state index contributed by atoms with van der Waals surface area (Å²) in [7, 11) is 0. The maximum Gasteiger partial charge on any atom is 0.132 e. The fourth-order valence-corrected chi connectivity index (χ4v) is 9.83. The number of para-hydroxylation sites is 1. The van der Waals surface area contributed by atoms with Crippen molar-refractivity contribution >= 4 is 10.8 Å². The summed E-state index contributed by atoms with van der Waals surface area (Å²) >= 11 is 0. The third kappa shape index (κ3) is 4.47. The van der Waals surface area contributed by atoms with Crippen molar-refractivity contribution in [2.24, 2.45) is 0 Å². The zero-order chi connectivity index (χ0) is 36.4. The van der Waals surface area contributed by atoms with Crippen molar-refractivity contribution in [3.63, 3.8) is 0 Å². The summed E-state index contributed by atoms with van der Waals surface area (Å²) in [4.78, 5) is 0. The predicted molar refractivity (Wildman–Crippen MR) is 225 cm³/mol. The summed E-state index contributed by atoms with van der Waals surface area (Å²) in [5.74, 6) is 1.76. The van der Waals surface area contributed by atoms with E-state index in [2.05, 4.69) is 218 Å². The molecular formula is C54H36O. The molecule has 0 bridgehead atoms. The van der Waals surface area contributed by atoms with Crippen LogP contribution in [0.4, 0.5) is 0 Å². The SMILES string of the molecule is c1ccc(C2(c3ccccc3)c3ccccc3Oc3ccc(-c4ccc(C5(c6ccccc6)c6ccccc6-c6ccc7ccccc7c65)cc4)cc32)cc1. The van der Waals surface area contributed by atoms with E-state index in [0.717, 1.165) is 33.8 Å². The molecule has 0 saturated heterocycles. The first kappa shape index (κ1) is 31.6. The Hall–Kier alpha value is -6.96. The summed E-state index contributed by atoms with van der Waals surface area (Å²) in [5, 5.41) is 2.54. The minimum atomic E-state index is -0.571. The predicted octanol–water partition coefficient (Wildman–Crippen LogP) is 13.4. The van der Waals surface area contributed by atoms with Gasteiger partial charge in [-0.05, 0) is 84.6 Å². The van der Waals surface area contributed by atoms with E-state index < -0.39 is 10.8 Å². The van der Waals surface area contributed by atoms with Gasteiger partial charge in [-0.25, -0.2) is 0 Å². The Labute approximate surface area is 321 Å². The molecule has 0 aromatic heterocycles. The highest BCUT2D eigenvalue weighted by atomic mass is 16.5. The van der Waals surface area contributed by atoms with Crippen LogP contribution in [0.25, 0.3) is 33.0 Å². The molecule has 0 fully saturated rings. The number of rotatable bonds is 5. The van der Waals surface area contributed by atoms with Gasteiger partial charge in [0.25, 0.3) is 0 Å². The van der Waals surface area contributed by atoms with Gasteiger partial charge >= 0.3 is 0 Å². The second-order valence-electron chi connectivity index (χ2n) is 14.7.